The fourth-order valence-electron chi connectivity index (χ4n) is 3.03. The number of fused-ring (bicyclic) bond motifs is 2. The predicted octanol–water partition coefficient (Wildman–Crippen LogP) is 3.17. The molecule has 7 heteroatoms. The van der Waals surface area contributed by atoms with Gasteiger partial charge in [-0.1, -0.05) is 12.1 Å². The minimum Gasteiger partial charge on any atom is -0.508 e. The molecule has 0 spiro atoms. The highest BCUT2D eigenvalue weighted by molar-refractivity contribution is 5.87. The van der Waals surface area contributed by atoms with Crippen LogP contribution in [0.5, 0.6) is 11.5 Å². The molecule has 126 valence electrons. The van der Waals surface area contributed by atoms with Crippen LogP contribution in [0.3, 0.4) is 0 Å². The van der Waals surface area contributed by atoms with Gasteiger partial charge in [-0.2, -0.15) is 0 Å². The van der Waals surface area contributed by atoms with Crippen molar-refractivity contribution in [3.63, 3.8) is 0 Å². The topological polar surface area (TPSA) is 89.0 Å². The first-order valence-electron chi connectivity index (χ1n) is 7.99. The molecule has 0 unspecified atom stereocenters. The van der Waals surface area contributed by atoms with Gasteiger partial charge in [0.05, 0.1) is 11.4 Å². The van der Waals surface area contributed by atoms with Gasteiger partial charge in [0.25, 0.3) is 0 Å². The van der Waals surface area contributed by atoms with Crippen molar-refractivity contribution in [3.05, 3.63) is 67.3 Å². The Hall–Kier alpha value is -3.87. The van der Waals surface area contributed by atoms with Crippen LogP contribution in [0, 0.1) is 0 Å². The molecule has 0 fully saturated rings. The lowest BCUT2D eigenvalue weighted by Crippen LogP contribution is -1.97. The third-order valence-electron chi connectivity index (χ3n) is 4.24. The van der Waals surface area contributed by atoms with E-state index in [1.54, 1.807) is 49.1 Å². The standard InChI is InChI=1S/C19H13N5O2/c25-14-5-1-3-12(7-14)23-10-20-16-9-17-19(22-18(16)23)24(11-21-17)13-4-2-6-15(26)8-13/h1-11,25-26H. The number of phenolic OH excluding ortho intramolecular Hbond substituents is 2. The van der Waals surface area contributed by atoms with Gasteiger partial charge in [-0.05, 0) is 30.3 Å². The number of aromatic nitrogens is 5. The van der Waals surface area contributed by atoms with E-state index in [0.717, 1.165) is 11.4 Å². The first-order chi connectivity index (χ1) is 12.7. The molecule has 2 aromatic carbocycles. The molecule has 0 amide bonds. The molecule has 0 aliphatic heterocycles. The van der Waals surface area contributed by atoms with Gasteiger partial charge in [0.1, 0.15) is 35.2 Å². The zero-order valence-electron chi connectivity index (χ0n) is 13.5. The second kappa shape index (κ2) is 5.32. The first-order valence-corrected chi connectivity index (χ1v) is 7.99. The molecule has 5 aromatic rings. The van der Waals surface area contributed by atoms with Gasteiger partial charge in [-0.15, -0.1) is 0 Å². The summed E-state index contributed by atoms with van der Waals surface area (Å²) in [4.78, 5) is 13.5. The third kappa shape index (κ3) is 2.18. The smallest absolute Gasteiger partial charge is 0.167 e. The van der Waals surface area contributed by atoms with Gasteiger partial charge in [-0.3, -0.25) is 9.13 Å². The minimum atomic E-state index is 0.176. The molecule has 0 aliphatic rings. The summed E-state index contributed by atoms with van der Waals surface area (Å²) >= 11 is 0. The number of pyridine rings is 1. The number of hydrogen-bond donors (Lipinski definition) is 2. The Morgan fingerprint density at radius 1 is 0.654 bits per heavy atom. The van der Waals surface area contributed by atoms with E-state index in [9.17, 15) is 10.2 Å². The Labute approximate surface area is 147 Å². The Kier molecular flexibility index (Phi) is 2.96. The first kappa shape index (κ1) is 14.5. The maximum Gasteiger partial charge on any atom is 0.167 e. The van der Waals surface area contributed by atoms with Gasteiger partial charge < -0.3 is 10.2 Å². The fourth-order valence-corrected chi connectivity index (χ4v) is 3.03. The summed E-state index contributed by atoms with van der Waals surface area (Å²) in [6, 6.07) is 15.7. The van der Waals surface area contributed by atoms with Gasteiger partial charge in [-0.25, -0.2) is 15.0 Å². The molecule has 3 aromatic heterocycles. The average Bonchev–Trinajstić information content (AvgIpc) is 3.23. The molecule has 5 rings (SSSR count). The third-order valence-corrected chi connectivity index (χ3v) is 4.24. The van der Waals surface area contributed by atoms with Gasteiger partial charge in [0, 0.05) is 12.1 Å². The summed E-state index contributed by atoms with van der Waals surface area (Å²) in [5, 5.41) is 19.5. The zero-order valence-corrected chi connectivity index (χ0v) is 13.5. The Bertz CT molecular complexity index is 1180. The SMILES string of the molecule is Oc1cccc(-n2cnc3cc4ncn(-c5cccc(O)c5)c4nc32)c1. The lowest BCUT2D eigenvalue weighted by atomic mass is 10.3. The van der Waals surface area contributed by atoms with Crippen LogP contribution in [0.1, 0.15) is 0 Å². The van der Waals surface area contributed by atoms with Crippen LogP contribution >= 0.6 is 0 Å². The van der Waals surface area contributed by atoms with E-state index < -0.39 is 0 Å². The van der Waals surface area contributed by atoms with Crippen molar-refractivity contribution in [3.8, 4) is 22.9 Å². The van der Waals surface area contributed by atoms with Gasteiger partial charge in [0.2, 0.25) is 0 Å². The summed E-state index contributed by atoms with van der Waals surface area (Å²) in [7, 11) is 0. The van der Waals surface area contributed by atoms with Crippen molar-refractivity contribution in [1.82, 2.24) is 24.1 Å². The Balaban J connectivity index is 1.76. The molecule has 0 aliphatic carbocycles. The number of imidazole rings is 2. The van der Waals surface area contributed by atoms with E-state index in [1.165, 1.54) is 0 Å². The molecular weight excluding hydrogens is 330 g/mol. The number of nitrogens with zero attached hydrogens (tertiary/aromatic N) is 5. The Morgan fingerprint density at radius 3 is 1.62 bits per heavy atom. The van der Waals surface area contributed by atoms with Crippen LogP contribution < -0.4 is 0 Å². The van der Waals surface area contributed by atoms with E-state index in [-0.39, 0.29) is 11.5 Å². The zero-order chi connectivity index (χ0) is 17.7. The van der Waals surface area contributed by atoms with Gasteiger partial charge in [0.15, 0.2) is 11.3 Å². The normalized spacial score (nSPS) is 11.4. The maximum absolute atomic E-state index is 9.75. The van der Waals surface area contributed by atoms with Crippen LogP contribution in [0.25, 0.3) is 33.7 Å². The number of benzene rings is 2. The molecule has 0 atom stereocenters. The summed E-state index contributed by atoms with van der Waals surface area (Å²) in [6.45, 7) is 0. The number of aromatic hydroxyl groups is 2. The van der Waals surface area contributed by atoms with E-state index in [4.69, 9.17) is 4.98 Å². The largest absolute Gasteiger partial charge is 0.508 e. The summed E-state index contributed by atoms with van der Waals surface area (Å²) in [5.41, 5.74) is 4.27. The van der Waals surface area contributed by atoms with Crippen molar-refractivity contribution in [1.29, 1.82) is 0 Å². The molecule has 2 N–H and O–H groups in total. The van der Waals surface area contributed by atoms with Crippen molar-refractivity contribution in [2.75, 3.05) is 0 Å². The molecular formula is C19H13N5O2. The maximum atomic E-state index is 9.75. The second-order valence-electron chi connectivity index (χ2n) is 5.94. The fraction of sp³-hybridized carbons (Fsp3) is 0. The molecule has 3 heterocycles. The van der Waals surface area contributed by atoms with Crippen LogP contribution in [0.2, 0.25) is 0 Å². The van der Waals surface area contributed by atoms with E-state index in [0.29, 0.717) is 22.3 Å². The molecule has 0 radical (unpaired) electrons. The van der Waals surface area contributed by atoms with Crippen LogP contribution in [0.4, 0.5) is 0 Å². The van der Waals surface area contributed by atoms with Crippen LogP contribution in [-0.4, -0.2) is 34.3 Å². The molecule has 0 bridgehead atoms. The lowest BCUT2D eigenvalue weighted by Gasteiger charge is -2.06. The number of hydrogen-bond acceptors (Lipinski definition) is 5. The second-order valence-corrected chi connectivity index (χ2v) is 5.94. The van der Waals surface area contributed by atoms with Crippen LogP contribution in [-0.2, 0) is 0 Å². The average molecular weight is 343 g/mol. The molecule has 7 nitrogen and oxygen atoms in total. The molecule has 0 saturated heterocycles. The lowest BCUT2D eigenvalue weighted by molar-refractivity contribution is 0.474. The van der Waals surface area contributed by atoms with Crippen molar-refractivity contribution < 1.29 is 10.2 Å². The van der Waals surface area contributed by atoms with E-state index >= 15 is 0 Å². The van der Waals surface area contributed by atoms with Crippen molar-refractivity contribution >= 4 is 22.3 Å². The number of phenols is 2. The molecule has 26 heavy (non-hydrogen) atoms. The summed E-state index contributed by atoms with van der Waals surface area (Å²) in [6.07, 6.45) is 3.34. The monoisotopic (exact) mass is 343 g/mol. The summed E-state index contributed by atoms with van der Waals surface area (Å²) in [5.74, 6) is 0.352. The highest BCUT2D eigenvalue weighted by Gasteiger charge is 2.13. The Morgan fingerprint density at radius 2 is 1.15 bits per heavy atom. The minimum absolute atomic E-state index is 0.176. The number of rotatable bonds is 2. The quantitative estimate of drug-likeness (QED) is 0.514. The van der Waals surface area contributed by atoms with Crippen molar-refractivity contribution in [2.24, 2.45) is 0 Å². The van der Waals surface area contributed by atoms with Gasteiger partial charge >= 0.3 is 0 Å². The molecule has 0 saturated carbocycles. The summed E-state index contributed by atoms with van der Waals surface area (Å²) < 4.78 is 3.63. The van der Waals surface area contributed by atoms with Crippen molar-refractivity contribution in [2.45, 2.75) is 0 Å². The highest BCUT2D eigenvalue weighted by atomic mass is 16.3. The highest BCUT2D eigenvalue weighted by Crippen LogP contribution is 2.25. The van der Waals surface area contributed by atoms with E-state index in [2.05, 4.69) is 9.97 Å². The van der Waals surface area contributed by atoms with Crippen LogP contribution in [0.15, 0.2) is 67.3 Å². The predicted molar refractivity (Wildman–Crippen MR) is 96.8 cm³/mol. The van der Waals surface area contributed by atoms with E-state index in [1.807, 2.05) is 27.3 Å².